The summed E-state index contributed by atoms with van der Waals surface area (Å²) in [5.41, 5.74) is 9.87. The Balaban J connectivity index is 2.37. The molecule has 0 fully saturated rings. The molecule has 3 rings (SSSR count). The van der Waals surface area contributed by atoms with Gasteiger partial charge in [0.15, 0.2) is 0 Å². The van der Waals surface area contributed by atoms with Crippen molar-refractivity contribution in [1.82, 2.24) is 0 Å². The van der Waals surface area contributed by atoms with E-state index < -0.39 is 5.41 Å². The SMILES string of the molecule is CC1=CC(c2ccccc2)(c2ccccc2)C(C#N)=C1N. The maximum absolute atomic E-state index is 9.69. The standard InChI is InChI=1S/C19H16N2/c1-14-12-19(17(13-20)18(14)21,15-8-4-2-5-9-15)16-10-6-3-7-11-16/h2-12H,21H2,1H3. The zero-order chi connectivity index (χ0) is 14.9. The molecule has 1 aliphatic carbocycles. The summed E-state index contributed by atoms with van der Waals surface area (Å²) in [7, 11) is 0. The van der Waals surface area contributed by atoms with Gasteiger partial charge in [-0.1, -0.05) is 66.7 Å². The summed E-state index contributed by atoms with van der Waals surface area (Å²) in [6.07, 6.45) is 2.10. The number of nitrogens with two attached hydrogens (primary N) is 1. The van der Waals surface area contributed by atoms with Crippen LogP contribution in [0.1, 0.15) is 18.1 Å². The van der Waals surface area contributed by atoms with Crippen LogP contribution < -0.4 is 5.73 Å². The monoisotopic (exact) mass is 272 g/mol. The number of rotatable bonds is 2. The number of hydrogen-bond donors (Lipinski definition) is 1. The molecule has 0 atom stereocenters. The van der Waals surface area contributed by atoms with E-state index in [1.165, 1.54) is 0 Å². The molecule has 21 heavy (non-hydrogen) atoms. The quantitative estimate of drug-likeness (QED) is 0.906. The number of nitriles is 1. The molecule has 1 aliphatic rings. The lowest BCUT2D eigenvalue weighted by Crippen LogP contribution is -2.26. The van der Waals surface area contributed by atoms with Crippen molar-refractivity contribution in [3.05, 3.63) is 94.7 Å². The van der Waals surface area contributed by atoms with Crippen molar-refractivity contribution >= 4 is 0 Å². The maximum atomic E-state index is 9.69. The van der Waals surface area contributed by atoms with Crippen LogP contribution in [-0.4, -0.2) is 0 Å². The van der Waals surface area contributed by atoms with Crippen LogP contribution in [0.25, 0.3) is 0 Å². The highest BCUT2D eigenvalue weighted by Crippen LogP contribution is 2.46. The highest BCUT2D eigenvalue weighted by molar-refractivity contribution is 5.66. The molecule has 0 radical (unpaired) electrons. The summed E-state index contributed by atoms with van der Waals surface area (Å²) in [5.74, 6) is 0. The van der Waals surface area contributed by atoms with Crippen molar-refractivity contribution in [3.8, 4) is 6.07 Å². The Morgan fingerprint density at radius 2 is 1.38 bits per heavy atom. The van der Waals surface area contributed by atoms with Crippen molar-refractivity contribution < 1.29 is 0 Å². The van der Waals surface area contributed by atoms with E-state index in [1.807, 2.05) is 67.6 Å². The number of nitrogens with zero attached hydrogens (tertiary/aromatic N) is 1. The molecule has 0 aliphatic heterocycles. The predicted octanol–water partition coefficient (Wildman–Crippen LogP) is 3.67. The van der Waals surface area contributed by atoms with E-state index in [-0.39, 0.29) is 0 Å². The van der Waals surface area contributed by atoms with Crippen molar-refractivity contribution in [3.63, 3.8) is 0 Å². The smallest absolute Gasteiger partial charge is 0.0985 e. The Kier molecular flexibility index (Phi) is 3.12. The van der Waals surface area contributed by atoms with E-state index in [2.05, 4.69) is 12.1 Å². The average molecular weight is 272 g/mol. The molecule has 2 N–H and O–H groups in total. The second-order valence-electron chi connectivity index (χ2n) is 5.27. The first-order valence-corrected chi connectivity index (χ1v) is 6.91. The minimum Gasteiger partial charge on any atom is -0.398 e. The van der Waals surface area contributed by atoms with Crippen LogP contribution in [0.3, 0.4) is 0 Å². The minimum absolute atomic E-state index is 0.578. The highest BCUT2D eigenvalue weighted by atomic mass is 14.6. The number of hydrogen-bond acceptors (Lipinski definition) is 2. The van der Waals surface area contributed by atoms with Gasteiger partial charge in [-0.05, 0) is 23.6 Å². The van der Waals surface area contributed by atoms with E-state index in [0.717, 1.165) is 16.7 Å². The van der Waals surface area contributed by atoms with Crippen LogP contribution in [0.2, 0.25) is 0 Å². The molecule has 0 saturated heterocycles. The second kappa shape index (κ2) is 4.96. The topological polar surface area (TPSA) is 49.8 Å². The maximum Gasteiger partial charge on any atom is 0.0985 e. The molecular formula is C19H16N2. The summed E-state index contributed by atoms with van der Waals surface area (Å²) in [6.45, 7) is 1.96. The Morgan fingerprint density at radius 3 is 1.81 bits per heavy atom. The van der Waals surface area contributed by atoms with E-state index in [4.69, 9.17) is 5.73 Å². The summed E-state index contributed by atoms with van der Waals surface area (Å²) in [5, 5.41) is 9.69. The van der Waals surface area contributed by atoms with Gasteiger partial charge in [0.05, 0.1) is 17.1 Å². The third-order valence-corrected chi connectivity index (χ3v) is 4.09. The molecular weight excluding hydrogens is 256 g/mol. The van der Waals surface area contributed by atoms with Gasteiger partial charge in [0.1, 0.15) is 0 Å². The van der Waals surface area contributed by atoms with Crippen molar-refractivity contribution in [1.29, 1.82) is 5.26 Å². The van der Waals surface area contributed by atoms with Crippen molar-refractivity contribution in [2.45, 2.75) is 12.3 Å². The van der Waals surface area contributed by atoms with Crippen LogP contribution in [-0.2, 0) is 5.41 Å². The fraction of sp³-hybridized carbons (Fsp3) is 0.105. The molecule has 0 unspecified atom stereocenters. The zero-order valence-corrected chi connectivity index (χ0v) is 11.9. The molecule has 2 aromatic rings. The van der Waals surface area contributed by atoms with Gasteiger partial charge in [-0.2, -0.15) is 5.26 Å². The Labute approximate surface area is 124 Å². The Bertz CT molecular complexity index is 723. The molecule has 0 bridgehead atoms. The Hall–Kier alpha value is -2.79. The molecule has 0 heterocycles. The van der Waals surface area contributed by atoms with Gasteiger partial charge in [-0.25, -0.2) is 0 Å². The van der Waals surface area contributed by atoms with Crippen LogP contribution in [0, 0.1) is 11.3 Å². The van der Waals surface area contributed by atoms with Gasteiger partial charge < -0.3 is 5.73 Å². The lowest BCUT2D eigenvalue weighted by molar-refractivity contribution is 0.790. The normalized spacial score (nSPS) is 16.5. The number of allylic oxidation sites excluding steroid dienone is 3. The molecule has 0 amide bonds. The van der Waals surface area contributed by atoms with Gasteiger partial charge in [0.2, 0.25) is 0 Å². The van der Waals surface area contributed by atoms with Gasteiger partial charge in [-0.3, -0.25) is 0 Å². The van der Waals surface area contributed by atoms with E-state index in [1.54, 1.807) is 0 Å². The summed E-state index contributed by atoms with van der Waals surface area (Å²) < 4.78 is 0. The third-order valence-electron chi connectivity index (χ3n) is 4.09. The van der Waals surface area contributed by atoms with E-state index in [9.17, 15) is 5.26 Å². The van der Waals surface area contributed by atoms with E-state index >= 15 is 0 Å². The third kappa shape index (κ3) is 1.86. The lowest BCUT2D eigenvalue weighted by atomic mass is 9.71. The fourth-order valence-electron chi connectivity index (χ4n) is 3.06. The van der Waals surface area contributed by atoms with Crippen LogP contribution in [0.4, 0.5) is 0 Å². The van der Waals surface area contributed by atoms with E-state index in [0.29, 0.717) is 11.3 Å². The largest absolute Gasteiger partial charge is 0.398 e. The molecule has 0 spiro atoms. The van der Waals surface area contributed by atoms with Crippen LogP contribution >= 0.6 is 0 Å². The first kappa shape index (κ1) is 13.2. The van der Waals surface area contributed by atoms with Crippen molar-refractivity contribution in [2.75, 3.05) is 0 Å². The highest BCUT2D eigenvalue weighted by Gasteiger charge is 2.42. The first-order valence-electron chi connectivity index (χ1n) is 6.91. The van der Waals surface area contributed by atoms with Gasteiger partial charge in [-0.15, -0.1) is 0 Å². The lowest BCUT2D eigenvalue weighted by Gasteiger charge is -2.29. The second-order valence-corrected chi connectivity index (χ2v) is 5.27. The predicted molar refractivity (Wildman–Crippen MR) is 84.2 cm³/mol. The van der Waals surface area contributed by atoms with Crippen LogP contribution in [0.5, 0.6) is 0 Å². The molecule has 2 heteroatoms. The van der Waals surface area contributed by atoms with Crippen molar-refractivity contribution in [2.24, 2.45) is 5.73 Å². The molecule has 102 valence electrons. The van der Waals surface area contributed by atoms with Gasteiger partial charge in [0.25, 0.3) is 0 Å². The van der Waals surface area contributed by atoms with Gasteiger partial charge >= 0.3 is 0 Å². The Morgan fingerprint density at radius 1 is 0.905 bits per heavy atom. The fourth-order valence-corrected chi connectivity index (χ4v) is 3.06. The van der Waals surface area contributed by atoms with Crippen LogP contribution in [0.15, 0.2) is 83.6 Å². The summed E-state index contributed by atoms with van der Waals surface area (Å²) in [6, 6.07) is 22.5. The van der Waals surface area contributed by atoms with Gasteiger partial charge in [0, 0.05) is 5.70 Å². The average Bonchev–Trinajstić information content (AvgIpc) is 2.81. The summed E-state index contributed by atoms with van der Waals surface area (Å²) in [4.78, 5) is 0. The zero-order valence-electron chi connectivity index (χ0n) is 11.9. The molecule has 0 aromatic heterocycles. The first-order chi connectivity index (χ1) is 10.2. The minimum atomic E-state index is -0.578. The summed E-state index contributed by atoms with van der Waals surface area (Å²) >= 11 is 0. The molecule has 2 nitrogen and oxygen atoms in total. The number of benzene rings is 2. The molecule has 2 aromatic carbocycles. The molecule has 0 saturated carbocycles.